The molecular formula is C16H27N3OS. The summed E-state index contributed by atoms with van der Waals surface area (Å²) in [4.78, 5) is 18.3. The fraction of sp³-hybridized carbons (Fsp3) is 0.688. The van der Waals surface area contributed by atoms with Crippen LogP contribution in [0.25, 0.3) is 0 Å². The molecule has 1 aromatic rings. The molecule has 2 rings (SSSR count). The van der Waals surface area contributed by atoms with Gasteiger partial charge < -0.3 is 9.80 Å². The van der Waals surface area contributed by atoms with Gasteiger partial charge in [-0.1, -0.05) is 13.0 Å². The van der Waals surface area contributed by atoms with E-state index in [0.717, 1.165) is 19.4 Å². The van der Waals surface area contributed by atoms with Crippen molar-refractivity contribution in [1.82, 2.24) is 15.1 Å². The molecule has 21 heavy (non-hydrogen) atoms. The molecule has 1 N–H and O–H groups in total. The Morgan fingerprint density at radius 2 is 2.24 bits per heavy atom. The van der Waals surface area contributed by atoms with Gasteiger partial charge in [-0.25, -0.2) is 0 Å². The molecule has 3 atom stereocenters. The van der Waals surface area contributed by atoms with Gasteiger partial charge in [0.1, 0.15) is 6.17 Å². The Morgan fingerprint density at radius 1 is 1.52 bits per heavy atom. The SMILES string of the molecule is CCC1(C)NC(c2cccs2)N(C(C)CCN(C)C)C1=O. The van der Waals surface area contributed by atoms with Crippen molar-refractivity contribution in [2.45, 2.75) is 51.4 Å². The molecule has 1 aliphatic rings. The van der Waals surface area contributed by atoms with E-state index in [1.165, 1.54) is 4.88 Å². The fourth-order valence-electron chi connectivity index (χ4n) is 2.78. The van der Waals surface area contributed by atoms with Gasteiger partial charge in [0.25, 0.3) is 0 Å². The monoisotopic (exact) mass is 309 g/mol. The van der Waals surface area contributed by atoms with Gasteiger partial charge in [0.05, 0.1) is 5.54 Å². The number of amides is 1. The van der Waals surface area contributed by atoms with Crippen LogP contribution in [0.2, 0.25) is 0 Å². The number of carbonyl (C=O) groups is 1. The van der Waals surface area contributed by atoms with Crippen LogP contribution in [0.15, 0.2) is 17.5 Å². The summed E-state index contributed by atoms with van der Waals surface area (Å²) in [6.07, 6.45) is 1.81. The van der Waals surface area contributed by atoms with E-state index >= 15 is 0 Å². The Kier molecular flexibility index (Phi) is 5.07. The molecule has 0 radical (unpaired) electrons. The second-order valence-corrected chi connectivity index (χ2v) is 7.38. The molecule has 4 nitrogen and oxygen atoms in total. The van der Waals surface area contributed by atoms with Crippen LogP contribution in [0.3, 0.4) is 0 Å². The lowest BCUT2D eigenvalue weighted by molar-refractivity contribution is -0.135. The van der Waals surface area contributed by atoms with Gasteiger partial charge in [0, 0.05) is 10.9 Å². The van der Waals surface area contributed by atoms with E-state index in [4.69, 9.17) is 0 Å². The number of nitrogens with one attached hydrogen (secondary N) is 1. The molecule has 1 aliphatic heterocycles. The lowest BCUT2D eigenvalue weighted by Crippen LogP contribution is -2.44. The van der Waals surface area contributed by atoms with Gasteiger partial charge in [0.15, 0.2) is 0 Å². The molecule has 0 aromatic carbocycles. The van der Waals surface area contributed by atoms with E-state index in [-0.39, 0.29) is 18.1 Å². The summed E-state index contributed by atoms with van der Waals surface area (Å²) >= 11 is 1.71. The summed E-state index contributed by atoms with van der Waals surface area (Å²) in [5, 5.41) is 5.64. The largest absolute Gasteiger partial charge is 0.318 e. The molecule has 118 valence electrons. The summed E-state index contributed by atoms with van der Waals surface area (Å²) in [5.41, 5.74) is -0.443. The number of hydrogen-bond acceptors (Lipinski definition) is 4. The first kappa shape index (κ1) is 16.5. The summed E-state index contributed by atoms with van der Waals surface area (Å²) < 4.78 is 0. The third-order valence-electron chi connectivity index (χ3n) is 4.43. The summed E-state index contributed by atoms with van der Waals surface area (Å²) in [5.74, 6) is 0.231. The minimum Gasteiger partial charge on any atom is -0.318 e. The fourth-order valence-corrected chi connectivity index (χ4v) is 3.56. The van der Waals surface area contributed by atoms with Gasteiger partial charge in [-0.2, -0.15) is 0 Å². The number of carbonyl (C=O) groups excluding carboxylic acids is 1. The predicted octanol–water partition coefficient (Wildman–Crippen LogP) is 2.69. The zero-order valence-corrected chi connectivity index (χ0v) is 14.5. The van der Waals surface area contributed by atoms with Crippen LogP contribution >= 0.6 is 11.3 Å². The average molecular weight is 309 g/mol. The summed E-state index contributed by atoms with van der Waals surface area (Å²) in [6.45, 7) is 7.25. The molecule has 0 bridgehead atoms. The van der Waals surface area contributed by atoms with E-state index in [1.807, 2.05) is 6.92 Å². The third kappa shape index (κ3) is 3.30. The third-order valence-corrected chi connectivity index (χ3v) is 5.35. The first-order valence-electron chi connectivity index (χ1n) is 7.67. The lowest BCUT2D eigenvalue weighted by Gasteiger charge is -2.30. The Morgan fingerprint density at radius 3 is 2.76 bits per heavy atom. The molecule has 1 fully saturated rings. The van der Waals surface area contributed by atoms with Crippen molar-refractivity contribution in [2.24, 2.45) is 0 Å². The van der Waals surface area contributed by atoms with Crippen LogP contribution in [0, 0.1) is 0 Å². The normalized spacial score (nSPS) is 27.6. The maximum atomic E-state index is 12.9. The molecule has 2 heterocycles. The highest BCUT2D eigenvalue weighted by molar-refractivity contribution is 7.10. The van der Waals surface area contributed by atoms with Crippen LogP contribution in [-0.4, -0.2) is 47.9 Å². The predicted molar refractivity (Wildman–Crippen MR) is 88.4 cm³/mol. The highest BCUT2D eigenvalue weighted by atomic mass is 32.1. The van der Waals surface area contributed by atoms with Crippen molar-refractivity contribution >= 4 is 17.2 Å². The molecular weight excluding hydrogens is 282 g/mol. The Balaban J connectivity index is 2.23. The standard InChI is InChI=1S/C16H27N3OS/c1-6-16(3)15(20)19(12(2)9-10-18(4)5)14(17-16)13-8-7-11-21-13/h7-8,11-12,14,17H,6,9-10H2,1-5H3. The maximum Gasteiger partial charge on any atom is 0.244 e. The van der Waals surface area contributed by atoms with E-state index in [1.54, 1.807) is 11.3 Å². The van der Waals surface area contributed by atoms with Gasteiger partial charge in [-0.3, -0.25) is 10.1 Å². The van der Waals surface area contributed by atoms with Crippen molar-refractivity contribution in [2.75, 3.05) is 20.6 Å². The quantitative estimate of drug-likeness (QED) is 0.877. The lowest BCUT2D eigenvalue weighted by atomic mass is 9.99. The number of thiophene rings is 1. The van der Waals surface area contributed by atoms with Crippen LogP contribution in [0.4, 0.5) is 0 Å². The van der Waals surface area contributed by atoms with E-state index < -0.39 is 5.54 Å². The van der Waals surface area contributed by atoms with Crippen LogP contribution in [-0.2, 0) is 4.79 Å². The molecule has 1 amide bonds. The van der Waals surface area contributed by atoms with Crippen molar-refractivity contribution in [3.8, 4) is 0 Å². The molecule has 1 saturated heterocycles. The highest BCUT2D eigenvalue weighted by Crippen LogP contribution is 2.36. The van der Waals surface area contributed by atoms with Crippen LogP contribution in [0.1, 0.15) is 44.7 Å². The zero-order valence-electron chi connectivity index (χ0n) is 13.7. The summed E-state index contributed by atoms with van der Waals surface area (Å²) in [7, 11) is 4.15. The van der Waals surface area contributed by atoms with Crippen LogP contribution in [0.5, 0.6) is 0 Å². The van der Waals surface area contributed by atoms with E-state index in [2.05, 4.69) is 60.6 Å². The van der Waals surface area contributed by atoms with Gasteiger partial charge in [-0.15, -0.1) is 11.3 Å². The average Bonchev–Trinajstić information content (AvgIpc) is 3.05. The molecule has 3 unspecified atom stereocenters. The Labute approximate surface area is 132 Å². The number of hydrogen-bond donors (Lipinski definition) is 1. The second kappa shape index (κ2) is 6.46. The van der Waals surface area contributed by atoms with Crippen molar-refractivity contribution in [1.29, 1.82) is 0 Å². The molecule has 0 saturated carbocycles. The molecule has 0 aliphatic carbocycles. The minimum absolute atomic E-state index is 0.0135. The second-order valence-electron chi connectivity index (χ2n) is 6.40. The van der Waals surface area contributed by atoms with Gasteiger partial charge >= 0.3 is 0 Å². The highest BCUT2D eigenvalue weighted by Gasteiger charge is 2.48. The van der Waals surface area contributed by atoms with Crippen molar-refractivity contribution < 1.29 is 4.79 Å². The van der Waals surface area contributed by atoms with Crippen molar-refractivity contribution in [3.63, 3.8) is 0 Å². The molecule has 1 aromatic heterocycles. The minimum atomic E-state index is -0.443. The topological polar surface area (TPSA) is 35.6 Å². The van der Waals surface area contributed by atoms with Crippen LogP contribution < -0.4 is 5.32 Å². The Hall–Kier alpha value is -0.910. The van der Waals surface area contributed by atoms with Gasteiger partial charge in [0.2, 0.25) is 5.91 Å². The first-order valence-corrected chi connectivity index (χ1v) is 8.55. The first-order chi connectivity index (χ1) is 9.89. The summed E-state index contributed by atoms with van der Waals surface area (Å²) in [6, 6.07) is 4.40. The smallest absolute Gasteiger partial charge is 0.244 e. The Bertz CT molecular complexity index is 474. The maximum absolute atomic E-state index is 12.9. The van der Waals surface area contributed by atoms with E-state index in [9.17, 15) is 4.79 Å². The number of rotatable bonds is 6. The van der Waals surface area contributed by atoms with Gasteiger partial charge in [-0.05, 0) is 58.8 Å². The van der Waals surface area contributed by atoms with E-state index in [0.29, 0.717) is 0 Å². The molecule has 0 spiro atoms. The zero-order chi connectivity index (χ0) is 15.6. The number of nitrogens with zero attached hydrogens (tertiary/aromatic N) is 2. The van der Waals surface area contributed by atoms with Crippen molar-refractivity contribution in [3.05, 3.63) is 22.4 Å². The molecule has 5 heteroatoms.